The van der Waals surface area contributed by atoms with Crippen molar-refractivity contribution in [1.82, 2.24) is 14.8 Å². The Morgan fingerprint density at radius 2 is 1.84 bits per heavy atom. The van der Waals surface area contributed by atoms with E-state index in [0.29, 0.717) is 50.2 Å². The zero-order valence-electron chi connectivity index (χ0n) is 18.5. The zero-order valence-corrected chi connectivity index (χ0v) is 19.2. The van der Waals surface area contributed by atoms with Crippen molar-refractivity contribution in [2.45, 2.75) is 20.8 Å². The maximum Gasteiger partial charge on any atom is 0.256 e. The van der Waals surface area contributed by atoms with Crippen LogP contribution in [0.5, 0.6) is 11.5 Å². The first-order chi connectivity index (χ1) is 15.3. The lowest BCUT2D eigenvalue weighted by molar-refractivity contribution is 0.102. The maximum absolute atomic E-state index is 13.4. The number of pyridine rings is 1. The molecule has 1 amide bonds. The van der Waals surface area contributed by atoms with Crippen LogP contribution in [-0.2, 0) is 0 Å². The van der Waals surface area contributed by atoms with E-state index in [1.54, 1.807) is 43.2 Å². The predicted octanol–water partition coefficient (Wildman–Crippen LogP) is 5.27. The van der Waals surface area contributed by atoms with Crippen molar-refractivity contribution in [3.8, 4) is 17.2 Å². The molecule has 2 aromatic heterocycles. The Bertz CT molecular complexity index is 1350. The topological polar surface area (TPSA) is 78.3 Å². The molecule has 32 heavy (non-hydrogen) atoms. The van der Waals surface area contributed by atoms with Gasteiger partial charge in [-0.1, -0.05) is 17.7 Å². The largest absolute Gasteiger partial charge is 0.497 e. The van der Waals surface area contributed by atoms with Crippen LogP contribution in [-0.4, -0.2) is 34.9 Å². The second kappa shape index (κ2) is 8.51. The molecule has 0 unspecified atom stereocenters. The van der Waals surface area contributed by atoms with E-state index in [1.807, 2.05) is 39.0 Å². The van der Waals surface area contributed by atoms with Crippen molar-refractivity contribution < 1.29 is 14.3 Å². The van der Waals surface area contributed by atoms with Crippen molar-refractivity contribution in [1.29, 1.82) is 0 Å². The van der Waals surface area contributed by atoms with Crippen molar-refractivity contribution in [3.05, 3.63) is 70.0 Å². The summed E-state index contributed by atoms with van der Waals surface area (Å²) in [5.74, 6) is 0.846. The third-order valence-corrected chi connectivity index (χ3v) is 5.72. The van der Waals surface area contributed by atoms with E-state index in [0.717, 1.165) is 11.3 Å². The van der Waals surface area contributed by atoms with E-state index in [4.69, 9.17) is 21.1 Å². The van der Waals surface area contributed by atoms with Crippen LogP contribution in [0.4, 0.5) is 5.69 Å². The number of nitrogens with zero attached hydrogens (tertiary/aromatic N) is 3. The van der Waals surface area contributed by atoms with Crippen molar-refractivity contribution in [2.24, 2.45) is 0 Å². The van der Waals surface area contributed by atoms with E-state index < -0.39 is 0 Å². The number of amides is 1. The second-order valence-electron chi connectivity index (χ2n) is 7.41. The van der Waals surface area contributed by atoms with Crippen LogP contribution in [0.3, 0.4) is 0 Å². The van der Waals surface area contributed by atoms with Gasteiger partial charge < -0.3 is 14.8 Å². The summed E-state index contributed by atoms with van der Waals surface area (Å²) in [5.41, 5.74) is 4.66. The van der Waals surface area contributed by atoms with Gasteiger partial charge in [-0.25, -0.2) is 9.67 Å². The van der Waals surface area contributed by atoms with Gasteiger partial charge in [-0.3, -0.25) is 4.79 Å². The van der Waals surface area contributed by atoms with Crippen molar-refractivity contribution in [3.63, 3.8) is 0 Å². The van der Waals surface area contributed by atoms with Gasteiger partial charge in [-0.05, 0) is 56.7 Å². The minimum absolute atomic E-state index is 0.294. The van der Waals surface area contributed by atoms with Gasteiger partial charge in [-0.15, -0.1) is 0 Å². The molecule has 0 spiro atoms. The molecule has 0 radical (unpaired) electrons. The molecule has 0 fully saturated rings. The number of anilines is 1. The highest BCUT2D eigenvalue weighted by Gasteiger charge is 2.21. The smallest absolute Gasteiger partial charge is 0.256 e. The summed E-state index contributed by atoms with van der Waals surface area (Å²) in [4.78, 5) is 18.1. The minimum Gasteiger partial charge on any atom is -0.497 e. The molecular weight excluding hydrogens is 428 g/mol. The van der Waals surface area contributed by atoms with Gasteiger partial charge in [0, 0.05) is 16.8 Å². The number of carbonyl (C=O) groups is 1. The van der Waals surface area contributed by atoms with Crippen LogP contribution in [0.25, 0.3) is 16.7 Å². The van der Waals surface area contributed by atoms with Crippen molar-refractivity contribution >= 4 is 34.2 Å². The molecule has 2 aromatic carbocycles. The SMILES string of the molecule is COc1ccc(OC)c(NC(=O)c2cc(C)nc3c2c(C)nn3-c2cccc(Cl)c2C)c1. The Kier molecular flexibility index (Phi) is 5.76. The second-order valence-corrected chi connectivity index (χ2v) is 7.82. The summed E-state index contributed by atoms with van der Waals surface area (Å²) in [7, 11) is 3.12. The van der Waals surface area contributed by atoms with Crippen LogP contribution in [0, 0.1) is 20.8 Å². The van der Waals surface area contributed by atoms with Crippen LogP contribution in [0.15, 0.2) is 42.5 Å². The van der Waals surface area contributed by atoms with Crippen molar-refractivity contribution in [2.75, 3.05) is 19.5 Å². The molecule has 4 rings (SSSR count). The lowest BCUT2D eigenvalue weighted by atomic mass is 10.1. The van der Waals surface area contributed by atoms with E-state index in [-0.39, 0.29) is 5.91 Å². The molecular formula is C24H23ClN4O3. The first kappa shape index (κ1) is 21.6. The Labute approximate surface area is 190 Å². The highest BCUT2D eigenvalue weighted by Crippen LogP contribution is 2.32. The van der Waals surface area contributed by atoms with Gasteiger partial charge in [0.2, 0.25) is 0 Å². The molecule has 7 nitrogen and oxygen atoms in total. The molecule has 0 saturated heterocycles. The number of nitrogens with one attached hydrogen (secondary N) is 1. The summed E-state index contributed by atoms with van der Waals surface area (Å²) in [6, 6.07) is 12.6. The first-order valence-electron chi connectivity index (χ1n) is 10.00. The average Bonchev–Trinajstić information content (AvgIpc) is 3.10. The summed E-state index contributed by atoms with van der Waals surface area (Å²) in [6.07, 6.45) is 0. The van der Waals surface area contributed by atoms with Gasteiger partial charge in [0.25, 0.3) is 5.91 Å². The minimum atomic E-state index is -0.294. The van der Waals surface area contributed by atoms with Gasteiger partial charge in [0.1, 0.15) is 11.5 Å². The van der Waals surface area contributed by atoms with E-state index in [1.165, 1.54) is 0 Å². The highest BCUT2D eigenvalue weighted by molar-refractivity contribution is 6.31. The fourth-order valence-electron chi connectivity index (χ4n) is 3.69. The molecule has 0 aliphatic rings. The summed E-state index contributed by atoms with van der Waals surface area (Å²) in [6.45, 7) is 5.64. The number of methoxy groups -OCH3 is 2. The lowest BCUT2D eigenvalue weighted by Crippen LogP contribution is -2.14. The molecule has 0 aliphatic carbocycles. The van der Waals surface area contributed by atoms with Gasteiger partial charge >= 0.3 is 0 Å². The molecule has 0 saturated carbocycles. The van der Waals surface area contributed by atoms with Gasteiger partial charge in [0.05, 0.1) is 42.2 Å². The number of carbonyl (C=O) groups excluding carboxylic acids is 1. The number of benzene rings is 2. The molecule has 1 N–H and O–H groups in total. The highest BCUT2D eigenvalue weighted by atomic mass is 35.5. The standard InChI is InChI=1S/C24H23ClN4O3/c1-13-11-17(24(30)27-19-12-16(31-4)9-10-21(19)32-5)22-15(3)28-29(23(22)26-13)20-8-6-7-18(25)14(20)2/h6-12H,1-5H3,(H,27,30). The summed E-state index contributed by atoms with van der Waals surface area (Å²) >= 11 is 6.33. The number of hydrogen-bond donors (Lipinski definition) is 1. The number of rotatable bonds is 5. The first-order valence-corrected chi connectivity index (χ1v) is 10.4. The number of fused-ring (bicyclic) bond motifs is 1. The molecule has 0 aliphatic heterocycles. The van der Waals surface area contributed by atoms with Crippen LogP contribution in [0.2, 0.25) is 5.02 Å². The van der Waals surface area contributed by atoms with Crippen LogP contribution in [0.1, 0.15) is 27.3 Å². The molecule has 4 aromatic rings. The molecule has 8 heteroatoms. The normalized spacial score (nSPS) is 10.9. The third kappa shape index (κ3) is 3.76. The fourth-order valence-corrected chi connectivity index (χ4v) is 3.86. The Balaban J connectivity index is 1.85. The maximum atomic E-state index is 13.4. The van der Waals surface area contributed by atoms with Gasteiger partial charge in [0.15, 0.2) is 5.65 Å². The quantitative estimate of drug-likeness (QED) is 0.448. The number of hydrogen-bond acceptors (Lipinski definition) is 5. The molecule has 164 valence electrons. The number of aromatic nitrogens is 3. The summed E-state index contributed by atoms with van der Waals surface area (Å²) < 4.78 is 12.4. The van der Waals surface area contributed by atoms with E-state index >= 15 is 0 Å². The lowest BCUT2D eigenvalue weighted by Gasteiger charge is -2.13. The van der Waals surface area contributed by atoms with E-state index in [2.05, 4.69) is 15.4 Å². The molecule has 2 heterocycles. The number of aryl methyl sites for hydroxylation is 2. The Morgan fingerprint density at radius 1 is 1.06 bits per heavy atom. The molecule has 0 atom stereocenters. The van der Waals surface area contributed by atoms with Crippen LogP contribution >= 0.6 is 11.6 Å². The van der Waals surface area contributed by atoms with Gasteiger partial charge in [-0.2, -0.15) is 5.10 Å². The predicted molar refractivity (Wildman–Crippen MR) is 126 cm³/mol. The number of ether oxygens (including phenoxy) is 2. The molecule has 0 bridgehead atoms. The fraction of sp³-hybridized carbons (Fsp3) is 0.208. The number of halogens is 1. The zero-order chi connectivity index (χ0) is 23.0. The van der Waals surface area contributed by atoms with Crippen LogP contribution < -0.4 is 14.8 Å². The van der Waals surface area contributed by atoms with E-state index in [9.17, 15) is 4.79 Å². The third-order valence-electron chi connectivity index (χ3n) is 5.31. The Morgan fingerprint density at radius 3 is 2.56 bits per heavy atom. The summed E-state index contributed by atoms with van der Waals surface area (Å²) in [5, 5.41) is 8.94. The Hall–Kier alpha value is -3.58. The monoisotopic (exact) mass is 450 g/mol. The average molecular weight is 451 g/mol.